The number of rotatable bonds is 0. The van der Waals surface area contributed by atoms with Crippen molar-refractivity contribution < 1.29 is 0 Å². The van der Waals surface area contributed by atoms with E-state index >= 15 is 0 Å². The van der Waals surface area contributed by atoms with Crippen LogP contribution in [0.5, 0.6) is 0 Å². The summed E-state index contributed by atoms with van der Waals surface area (Å²) in [5.41, 5.74) is -0.0400. The molecule has 4 unspecified atom stereocenters. The SMILES string of the molecule is ClC1NC2NC(N1)C1CCCCC21. The number of alkyl halides is 1. The van der Waals surface area contributed by atoms with Crippen LogP contribution in [0.1, 0.15) is 25.7 Å². The van der Waals surface area contributed by atoms with Crippen LogP contribution in [-0.4, -0.2) is 18.0 Å². The summed E-state index contributed by atoms with van der Waals surface area (Å²) in [6.07, 6.45) is 6.41. The van der Waals surface area contributed by atoms with E-state index in [2.05, 4.69) is 16.0 Å². The highest BCUT2D eigenvalue weighted by Gasteiger charge is 2.47. The summed E-state index contributed by atoms with van der Waals surface area (Å²) in [6.45, 7) is 0. The first-order valence-corrected chi connectivity index (χ1v) is 5.70. The molecule has 0 aromatic heterocycles. The first-order chi connectivity index (χ1) is 6.34. The van der Waals surface area contributed by atoms with Gasteiger partial charge >= 0.3 is 0 Å². The molecule has 1 saturated carbocycles. The third kappa shape index (κ3) is 1.30. The van der Waals surface area contributed by atoms with E-state index in [0.29, 0.717) is 12.3 Å². The predicted octanol–water partition coefficient (Wildman–Crippen LogP) is 0.763. The molecule has 0 aromatic carbocycles. The van der Waals surface area contributed by atoms with Gasteiger partial charge in [0.05, 0.1) is 12.3 Å². The molecule has 3 fully saturated rings. The summed E-state index contributed by atoms with van der Waals surface area (Å²) < 4.78 is 0. The molecular weight excluding hydrogens is 186 g/mol. The van der Waals surface area contributed by atoms with Crippen LogP contribution in [0.25, 0.3) is 0 Å². The fourth-order valence-electron chi connectivity index (χ4n) is 3.16. The Hall–Kier alpha value is 0.170. The van der Waals surface area contributed by atoms with E-state index in [0.717, 1.165) is 11.8 Å². The maximum atomic E-state index is 6.05. The number of halogens is 1. The smallest absolute Gasteiger partial charge is 0.137 e. The Balaban J connectivity index is 1.82. The second-order valence-corrected chi connectivity index (χ2v) is 4.87. The minimum atomic E-state index is -0.0400. The molecule has 2 aliphatic heterocycles. The third-order valence-electron chi connectivity index (χ3n) is 3.74. The fourth-order valence-corrected chi connectivity index (χ4v) is 3.43. The van der Waals surface area contributed by atoms with Gasteiger partial charge in [0.1, 0.15) is 5.62 Å². The molecule has 3 rings (SSSR count). The fraction of sp³-hybridized carbons (Fsp3) is 1.00. The number of fused-ring (bicyclic) bond motifs is 5. The predicted molar refractivity (Wildman–Crippen MR) is 52.1 cm³/mol. The molecular formula is C9H16ClN3. The molecule has 3 nitrogen and oxygen atoms in total. The summed E-state index contributed by atoms with van der Waals surface area (Å²) in [7, 11) is 0. The zero-order valence-corrected chi connectivity index (χ0v) is 8.35. The summed E-state index contributed by atoms with van der Waals surface area (Å²) in [4.78, 5) is 0. The van der Waals surface area contributed by atoms with Crippen LogP contribution in [-0.2, 0) is 0 Å². The zero-order chi connectivity index (χ0) is 8.84. The molecule has 0 radical (unpaired) electrons. The van der Waals surface area contributed by atoms with Gasteiger partial charge in [-0.25, -0.2) is 0 Å². The Morgan fingerprint density at radius 3 is 1.92 bits per heavy atom. The van der Waals surface area contributed by atoms with Crippen molar-refractivity contribution in [1.29, 1.82) is 0 Å². The summed E-state index contributed by atoms with van der Waals surface area (Å²) in [5, 5.41) is 10.3. The van der Waals surface area contributed by atoms with Crippen LogP contribution < -0.4 is 16.0 Å². The molecule has 3 aliphatic rings. The number of hydrogen-bond acceptors (Lipinski definition) is 3. The second kappa shape index (κ2) is 3.09. The molecule has 2 bridgehead atoms. The van der Waals surface area contributed by atoms with Crippen molar-refractivity contribution in [2.24, 2.45) is 11.8 Å². The minimum Gasteiger partial charge on any atom is -0.286 e. The highest BCUT2D eigenvalue weighted by atomic mass is 35.5. The van der Waals surface area contributed by atoms with Gasteiger partial charge in [0.15, 0.2) is 0 Å². The van der Waals surface area contributed by atoms with Crippen LogP contribution in [0.4, 0.5) is 0 Å². The summed E-state index contributed by atoms with van der Waals surface area (Å²) in [5.74, 6) is 1.60. The highest BCUT2D eigenvalue weighted by molar-refractivity contribution is 6.20. The van der Waals surface area contributed by atoms with Gasteiger partial charge in [0.2, 0.25) is 0 Å². The van der Waals surface area contributed by atoms with Gasteiger partial charge in [-0.15, -0.1) is 0 Å². The van der Waals surface area contributed by atoms with Gasteiger partial charge in [0, 0.05) is 0 Å². The molecule has 2 saturated heterocycles. The zero-order valence-electron chi connectivity index (χ0n) is 7.59. The van der Waals surface area contributed by atoms with Crippen molar-refractivity contribution in [1.82, 2.24) is 16.0 Å². The van der Waals surface area contributed by atoms with Crippen molar-refractivity contribution in [3.63, 3.8) is 0 Å². The first-order valence-electron chi connectivity index (χ1n) is 5.27. The van der Waals surface area contributed by atoms with Gasteiger partial charge in [0.25, 0.3) is 0 Å². The van der Waals surface area contributed by atoms with Crippen molar-refractivity contribution in [2.75, 3.05) is 0 Å². The quantitative estimate of drug-likeness (QED) is 0.400. The normalized spacial score (nSPS) is 54.7. The Morgan fingerprint density at radius 1 is 0.846 bits per heavy atom. The van der Waals surface area contributed by atoms with E-state index in [4.69, 9.17) is 11.6 Å². The molecule has 4 atom stereocenters. The van der Waals surface area contributed by atoms with E-state index < -0.39 is 0 Å². The van der Waals surface area contributed by atoms with Crippen LogP contribution >= 0.6 is 11.6 Å². The molecule has 74 valence electrons. The topological polar surface area (TPSA) is 36.1 Å². The number of hydrogen-bond donors (Lipinski definition) is 3. The standard InChI is InChI=1S/C9H16ClN3/c10-9-12-7-5-3-1-2-4-6(5)8(11-7)13-9/h5-9,11-13H,1-4H2. The van der Waals surface area contributed by atoms with Crippen LogP contribution in [0, 0.1) is 11.8 Å². The Kier molecular flexibility index (Phi) is 2.01. The van der Waals surface area contributed by atoms with Gasteiger partial charge in [-0.05, 0) is 24.7 Å². The van der Waals surface area contributed by atoms with Crippen molar-refractivity contribution >= 4 is 11.6 Å². The lowest BCUT2D eigenvalue weighted by Gasteiger charge is -2.29. The Labute approximate surface area is 83.6 Å². The monoisotopic (exact) mass is 201 g/mol. The molecule has 13 heavy (non-hydrogen) atoms. The maximum absolute atomic E-state index is 6.05. The number of nitrogens with one attached hydrogen (secondary N) is 3. The van der Waals surface area contributed by atoms with Crippen molar-refractivity contribution in [3.8, 4) is 0 Å². The van der Waals surface area contributed by atoms with Crippen LogP contribution in [0.2, 0.25) is 0 Å². The van der Waals surface area contributed by atoms with Gasteiger partial charge < -0.3 is 0 Å². The molecule has 3 N–H and O–H groups in total. The van der Waals surface area contributed by atoms with Crippen molar-refractivity contribution in [3.05, 3.63) is 0 Å². The lowest BCUT2D eigenvalue weighted by molar-refractivity contribution is 0.244. The lowest BCUT2D eigenvalue weighted by atomic mass is 9.79. The average molecular weight is 202 g/mol. The summed E-state index contributed by atoms with van der Waals surface area (Å²) in [6, 6.07) is 0. The van der Waals surface area contributed by atoms with E-state index in [1.807, 2.05) is 0 Å². The van der Waals surface area contributed by atoms with Crippen LogP contribution in [0.3, 0.4) is 0 Å². The molecule has 1 aliphatic carbocycles. The average Bonchev–Trinajstić information content (AvgIpc) is 2.41. The first kappa shape index (κ1) is 8.48. The van der Waals surface area contributed by atoms with E-state index in [1.54, 1.807) is 0 Å². The van der Waals surface area contributed by atoms with Crippen molar-refractivity contribution in [2.45, 2.75) is 43.6 Å². The van der Waals surface area contributed by atoms with E-state index in [-0.39, 0.29) is 5.62 Å². The van der Waals surface area contributed by atoms with E-state index in [9.17, 15) is 0 Å². The Morgan fingerprint density at radius 2 is 1.38 bits per heavy atom. The largest absolute Gasteiger partial charge is 0.286 e. The summed E-state index contributed by atoms with van der Waals surface area (Å²) >= 11 is 6.05. The maximum Gasteiger partial charge on any atom is 0.137 e. The third-order valence-corrected chi connectivity index (χ3v) is 3.99. The van der Waals surface area contributed by atoms with E-state index in [1.165, 1.54) is 25.7 Å². The molecule has 0 aromatic rings. The van der Waals surface area contributed by atoms with Gasteiger partial charge in [-0.3, -0.25) is 16.0 Å². The molecule has 0 amide bonds. The minimum absolute atomic E-state index is 0.0400. The highest BCUT2D eigenvalue weighted by Crippen LogP contribution is 2.39. The Bertz CT molecular complexity index is 191. The second-order valence-electron chi connectivity index (χ2n) is 4.43. The van der Waals surface area contributed by atoms with Gasteiger partial charge in [-0.1, -0.05) is 24.4 Å². The molecule has 0 spiro atoms. The van der Waals surface area contributed by atoms with Crippen LogP contribution in [0.15, 0.2) is 0 Å². The van der Waals surface area contributed by atoms with Gasteiger partial charge in [-0.2, -0.15) is 0 Å². The lowest BCUT2D eigenvalue weighted by Crippen LogP contribution is -2.61. The molecule has 4 heteroatoms. The molecule has 2 heterocycles.